The average Bonchev–Trinajstić information content (AvgIpc) is 2.59. The molecule has 0 amide bonds. The van der Waals surface area contributed by atoms with Crippen LogP contribution < -0.4 is 10.2 Å². The topological polar surface area (TPSA) is 80.2 Å². The molecule has 7 nitrogen and oxygen atoms in total. The van der Waals surface area contributed by atoms with E-state index in [9.17, 15) is 4.79 Å². The van der Waals surface area contributed by atoms with E-state index in [1.807, 2.05) is 18.0 Å². The van der Waals surface area contributed by atoms with Gasteiger partial charge < -0.3 is 15.0 Å². The molecule has 1 aromatic heterocycles. The Balaban J connectivity index is 2.13. The Morgan fingerprint density at radius 1 is 1.39 bits per heavy atom. The Morgan fingerprint density at radius 3 is 2.96 bits per heavy atom. The molecule has 0 saturated carbocycles. The van der Waals surface area contributed by atoms with E-state index >= 15 is 0 Å². The predicted octanol–water partition coefficient (Wildman–Crippen LogP) is 2.64. The normalized spacial score (nSPS) is 10.2. The van der Waals surface area contributed by atoms with E-state index in [1.54, 1.807) is 24.4 Å². The van der Waals surface area contributed by atoms with Crippen LogP contribution in [0.1, 0.15) is 30.1 Å². The third-order valence-corrected chi connectivity index (χ3v) is 3.29. The minimum absolute atomic E-state index is 0.380. The second-order valence-electron chi connectivity index (χ2n) is 5.11. The van der Waals surface area contributed by atoms with E-state index in [0.717, 1.165) is 25.1 Å². The molecule has 1 N–H and O–H groups in total. The van der Waals surface area contributed by atoms with Crippen LogP contribution in [0, 0.1) is 0 Å². The summed E-state index contributed by atoms with van der Waals surface area (Å²) in [6.45, 7) is 3.01. The molecule has 0 bridgehead atoms. The highest BCUT2D eigenvalue weighted by atomic mass is 16.5. The lowest BCUT2D eigenvalue weighted by Crippen LogP contribution is -2.21. The number of nitrogens with one attached hydrogen (secondary N) is 1. The number of hydrogen-bond acceptors (Lipinski definition) is 7. The number of carbonyl (C=O) groups is 1. The first-order valence-corrected chi connectivity index (χ1v) is 7.50. The van der Waals surface area contributed by atoms with E-state index in [4.69, 9.17) is 4.74 Å². The van der Waals surface area contributed by atoms with Gasteiger partial charge in [-0.2, -0.15) is 10.1 Å². The van der Waals surface area contributed by atoms with Crippen LogP contribution in [-0.2, 0) is 4.74 Å². The van der Waals surface area contributed by atoms with Crippen molar-refractivity contribution in [2.75, 3.05) is 30.9 Å². The lowest BCUT2D eigenvalue weighted by Gasteiger charge is -2.16. The maximum Gasteiger partial charge on any atom is 0.337 e. The Morgan fingerprint density at radius 2 is 2.22 bits per heavy atom. The minimum Gasteiger partial charge on any atom is -0.465 e. The van der Waals surface area contributed by atoms with Gasteiger partial charge in [-0.25, -0.2) is 4.79 Å². The van der Waals surface area contributed by atoms with Crippen LogP contribution in [0.25, 0.3) is 0 Å². The number of aromatic nitrogens is 3. The van der Waals surface area contributed by atoms with Crippen LogP contribution in [-0.4, -0.2) is 41.9 Å². The fourth-order valence-corrected chi connectivity index (χ4v) is 2.00. The van der Waals surface area contributed by atoms with Gasteiger partial charge in [0, 0.05) is 19.3 Å². The fraction of sp³-hybridized carbons (Fsp3) is 0.375. The molecule has 0 unspecified atom stereocenters. The Kier molecular flexibility index (Phi) is 5.85. The quantitative estimate of drug-likeness (QED) is 0.787. The monoisotopic (exact) mass is 315 g/mol. The van der Waals surface area contributed by atoms with Crippen molar-refractivity contribution in [2.24, 2.45) is 0 Å². The third kappa shape index (κ3) is 4.64. The molecule has 0 atom stereocenters. The summed E-state index contributed by atoms with van der Waals surface area (Å²) in [6.07, 6.45) is 3.72. The fourth-order valence-electron chi connectivity index (χ4n) is 2.00. The molecule has 0 radical (unpaired) electrons. The zero-order valence-electron chi connectivity index (χ0n) is 13.6. The number of ether oxygens (including phenoxy) is 1. The summed E-state index contributed by atoms with van der Waals surface area (Å²) in [5.74, 6) is 0.752. The lowest BCUT2D eigenvalue weighted by atomic mass is 10.2. The van der Waals surface area contributed by atoms with Crippen LogP contribution in [0.2, 0.25) is 0 Å². The molecular weight excluding hydrogens is 294 g/mol. The van der Waals surface area contributed by atoms with Crippen molar-refractivity contribution in [2.45, 2.75) is 19.8 Å². The van der Waals surface area contributed by atoms with Crippen LogP contribution in [0.4, 0.5) is 17.5 Å². The summed E-state index contributed by atoms with van der Waals surface area (Å²) in [7, 11) is 3.30. The molecule has 23 heavy (non-hydrogen) atoms. The van der Waals surface area contributed by atoms with Gasteiger partial charge in [0.15, 0.2) is 5.82 Å². The maximum atomic E-state index is 11.6. The number of carbonyl (C=O) groups excluding carboxylic acids is 1. The number of benzene rings is 1. The van der Waals surface area contributed by atoms with Crippen molar-refractivity contribution in [3.8, 4) is 0 Å². The Hall–Kier alpha value is -2.70. The molecule has 0 saturated heterocycles. The smallest absolute Gasteiger partial charge is 0.337 e. The standard InChI is InChI=1S/C16H21N5O2/c1-4-5-9-21(2)16-19-14(11-17-20-16)18-13-8-6-7-12(10-13)15(22)23-3/h6-8,10-11H,4-5,9H2,1-3H3,(H,18,19,20). The summed E-state index contributed by atoms with van der Waals surface area (Å²) in [4.78, 5) is 18.0. The van der Waals surface area contributed by atoms with E-state index in [2.05, 4.69) is 27.4 Å². The first-order valence-electron chi connectivity index (χ1n) is 7.50. The van der Waals surface area contributed by atoms with Crippen molar-refractivity contribution < 1.29 is 9.53 Å². The van der Waals surface area contributed by atoms with Gasteiger partial charge >= 0.3 is 5.97 Å². The van der Waals surface area contributed by atoms with Gasteiger partial charge in [-0.05, 0) is 24.6 Å². The Bertz CT molecular complexity index is 662. The highest BCUT2D eigenvalue weighted by Crippen LogP contribution is 2.17. The third-order valence-electron chi connectivity index (χ3n) is 3.29. The van der Waals surface area contributed by atoms with Crippen LogP contribution in [0.15, 0.2) is 30.5 Å². The summed E-state index contributed by atoms with van der Waals surface area (Å²) in [5, 5.41) is 11.1. The van der Waals surface area contributed by atoms with Gasteiger partial charge in [0.05, 0.1) is 18.9 Å². The first-order chi connectivity index (χ1) is 11.1. The SMILES string of the molecule is CCCCN(C)c1nncc(Nc2cccc(C(=O)OC)c2)n1. The van der Waals surface area contributed by atoms with Crippen molar-refractivity contribution >= 4 is 23.4 Å². The average molecular weight is 315 g/mol. The van der Waals surface area contributed by atoms with Gasteiger partial charge in [-0.3, -0.25) is 0 Å². The van der Waals surface area contributed by atoms with Gasteiger partial charge in [0.25, 0.3) is 0 Å². The maximum absolute atomic E-state index is 11.6. The highest BCUT2D eigenvalue weighted by Gasteiger charge is 2.08. The number of esters is 1. The van der Waals surface area contributed by atoms with Crippen molar-refractivity contribution in [3.05, 3.63) is 36.0 Å². The molecule has 0 fully saturated rings. The lowest BCUT2D eigenvalue weighted by molar-refractivity contribution is 0.0601. The number of nitrogens with zero attached hydrogens (tertiary/aromatic N) is 4. The number of hydrogen-bond donors (Lipinski definition) is 1. The highest BCUT2D eigenvalue weighted by molar-refractivity contribution is 5.90. The number of anilines is 3. The van der Waals surface area contributed by atoms with Gasteiger partial charge in [-0.1, -0.05) is 19.4 Å². The van der Waals surface area contributed by atoms with Crippen LogP contribution in [0.5, 0.6) is 0 Å². The summed E-state index contributed by atoms with van der Waals surface area (Å²) < 4.78 is 4.72. The van der Waals surface area contributed by atoms with Crippen molar-refractivity contribution in [1.82, 2.24) is 15.2 Å². The molecule has 0 aliphatic carbocycles. The van der Waals surface area contributed by atoms with E-state index < -0.39 is 0 Å². The Labute approximate surface area is 135 Å². The van der Waals surface area contributed by atoms with Crippen LogP contribution in [0.3, 0.4) is 0 Å². The van der Waals surface area contributed by atoms with Crippen molar-refractivity contribution in [1.29, 1.82) is 0 Å². The minimum atomic E-state index is -0.380. The zero-order chi connectivity index (χ0) is 16.7. The first kappa shape index (κ1) is 16.7. The molecule has 2 aromatic rings. The summed E-state index contributed by atoms with van der Waals surface area (Å²) >= 11 is 0. The second kappa shape index (κ2) is 8.07. The molecule has 1 aromatic carbocycles. The summed E-state index contributed by atoms with van der Waals surface area (Å²) in [6, 6.07) is 7.01. The van der Waals surface area contributed by atoms with E-state index in [1.165, 1.54) is 7.11 Å². The molecule has 7 heteroatoms. The van der Waals surface area contributed by atoms with E-state index in [0.29, 0.717) is 17.3 Å². The summed E-state index contributed by atoms with van der Waals surface area (Å²) in [5.41, 5.74) is 1.20. The number of rotatable bonds is 7. The molecular formula is C16H21N5O2. The van der Waals surface area contributed by atoms with Crippen LogP contribution >= 0.6 is 0 Å². The molecule has 1 heterocycles. The molecule has 122 valence electrons. The van der Waals surface area contributed by atoms with Gasteiger partial charge in [0.1, 0.15) is 0 Å². The number of methoxy groups -OCH3 is 1. The largest absolute Gasteiger partial charge is 0.465 e. The second-order valence-corrected chi connectivity index (χ2v) is 5.11. The predicted molar refractivity (Wildman–Crippen MR) is 89.1 cm³/mol. The molecule has 0 aliphatic rings. The molecule has 2 rings (SSSR count). The molecule has 0 aliphatic heterocycles. The van der Waals surface area contributed by atoms with Crippen molar-refractivity contribution in [3.63, 3.8) is 0 Å². The van der Waals surface area contributed by atoms with Gasteiger partial charge in [0.2, 0.25) is 5.95 Å². The molecule has 0 spiro atoms. The van der Waals surface area contributed by atoms with E-state index in [-0.39, 0.29) is 5.97 Å². The van der Waals surface area contributed by atoms with Gasteiger partial charge in [-0.15, -0.1) is 5.10 Å². The number of unbranched alkanes of at least 4 members (excludes halogenated alkanes) is 1. The zero-order valence-corrected chi connectivity index (χ0v) is 13.6.